The lowest BCUT2D eigenvalue weighted by atomic mass is 10.0. The van der Waals surface area contributed by atoms with Crippen molar-refractivity contribution in [1.82, 2.24) is 19.9 Å². The molecule has 3 rings (SSSR count). The quantitative estimate of drug-likeness (QED) is 0.735. The molecule has 0 saturated carbocycles. The number of nitrogens with one attached hydrogen (secondary N) is 1. The Bertz CT molecular complexity index is 797. The van der Waals surface area contributed by atoms with E-state index < -0.39 is 17.6 Å². The second kappa shape index (κ2) is 5.21. The molecule has 8 heteroatoms. The van der Waals surface area contributed by atoms with E-state index in [0.29, 0.717) is 17.5 Å². The zero-order valence-electron chi connectivity index (χ0n) is 10.9. The number of aromatic amines is 1. The van der Waals surface area contributed by atoms with Crippen LogP contribution < -0.4 is 0 Å². The lowest BCUT2D eigenvalue weighted by Crippen LogP contribution is -2.06. The molecular weight excluding hydrogens is 300 g/mol. The number of halogens is 4. The van der Waals surface area contributed by atoms with Gasteiger partial charge >= 0.3 is 6.18 Å². The van der Waals surface area contributed by atoms with Crippen LogP contribution in [-0.2, 0) is 6.18 Å². The summed E-state index contributed by atoms with van der Waals surface area (Å²) in [7, 11) is 0. The van der Waals surface area contributed by atoms with Crippen molar-refractivity contribution in [2.45, 2.75) is 6.18 Å². The molecule has 0 aliphatic heterocycles. The second-order valence-corrected chi connectivity index (χ2v) is 4.42. The number of H-pyrrole nitrogens is 1. The molecule has 0 atom stereocenters. The van der Waals surface area contributed by atoms with Gasteiger partial charge in [0.25, 0.3) is 0 Å². The van der Waals surface area contributed by atoms with Crippen molar-refractivity contribution in [2.75, 3.05) is 0 Å². The minimum atomic E-state index is -4.60. The summed E-state index contributed by atoms with van der Waals surface area (Å²) in [5.74, 6) is -0.615. The molecule has 0 aliphatic rings. The number of rotatable bonds is 2. The molecule has 0 saturated heterocycles. The van der Waals surface area contributed by atoms with E-state index in [1.165, 1.54) is 18.7 Å². The van der Waals surface area contributed by atoms with Crippen molar-refractivity contribution in [3.63, 3.8) is 0 Å². The van der Waals surface area contributed by atoms with Crippen molar-refractivity contribution in [3.8, 4) is 22.6 Å². The van der Waals surface area contributed by atoms with Crippen LogP contribution in [0.4, 0.5) is 17.6 Å². The average molecular weight is 308 g/mol. The maximum Gasteiger partial charge on any atom is 0.416 e. The topological polar surface area (TPSA) is 54.5 Å². The van der Waals surface area contributed by atoms with Crippen LogP contribution in [0.25, 0.3) is 22.6 Å². The molecule has 0 fully saturated rings. The molecule has 0 aliphatic carbocycles. The second-order valence-electron chi connectivity index (χ2n) is 4.42. The van der Waals surface area contributed by atoms with Crippen molar-refractivity contribution >= 4 is 0 Å². The first kappa shape index (κ1) is 14.2. The first-order valence-corrected chi connectivity index (χ1v) is 6.13. The van der Waals surface area contributed by atoms with Gasteiger partial charge in [-0.15, -0.1) is 0 Å². The largest absolute Gasteiger partial charge is 0.416 e. The SMILES string of the molecule is Fc1cc(C(F)(F)F)ccc1-c1ncncc1-c1ncc[nH]1. The fraction of sp³-hybridized carbons (Fsp3) is 0.0714. The molecule has 1 N–H and O–H groups in total. The third kappa shape index (κ3) is 2.54. The number of hydrogen-bond donors (Lipinski definition) is 1. The van der Waals surface area contributed by atoms with E-state index in [1.54, 1.807) is 6.20 Å². The molecular formula is C14H8F4N4. The lowest BCUT2D eigenvalue weighted by Gasteiger charge is -2.10. The van der Waals surface area contributed by atoms with Gasteiger partial charge in [-0.3, -0.25) is 0 Å². The highest BCUT2D eigenvalue weighted by Gasteiger charge is 2.31. The first-order chi connectivity index (χ1) is 10.5. The summed E-state index contributed by atoms with van der Waals surface area (Å²) in [4.78, 5) is 14.7. The monoisotopic (exact) mass is 308 g/mol. The summed E-state index contributed by atoms with van der Waals surface area (Å²) in [6.45, 7) is 0. The van der Waals surface area contributed by atoms with Gasteiger partial charge in [-0.1, -0.05) is 0 Å². The Morgan fingerprint density at radius 1 is 1.05 bits per heavy atom. The molecule has 112 valence electrons. The van der Waals surface area contributed by atoms with Gasteiger partial charge in [0.1, 0.15) is 18.0 Å². The van der Waals surface area contributed by atoms with E-state index in [9.17, 15) is 17.6 Å². The predicted molar refractivity (Wildman–Crippen MR) is 70.0 cm³/mol. The van der Waals surface area contributed by atoms with Crippen LogP contribution in [0.5, 0.6) is 0 Å². The molecule has 2 aromatic heterocycles. The zero-order valence-corrected chi connectivity index (χ0v) is 10.9. The molecule has 0 amide bonds. The van der Waals surface area contributed by atoms with Crippen LogP contribution in [0.1, 0.15) is 5.56 Å². The molecule has 4 nitrogen and oxygen atoms in total. The van der Waals surface area contributed by atoms with E-state index in [-0.39, 0.29) is 11.3 Å². The predicted octanol–water partition coefficient (Wildman–Crippen LogP) is 3.69. The third-order valence-electron chi connectivity index (χ3n) is 3.02. The molecule has 2 heterocycles. The fourth-order valence-corrected chi connectivity index (χ4v) is 2.01. The molecule has 0 unspecified atom stereocenters. The van der Waals surface area contributed by atoms with E-state index in [1.807, 2.05) is 0 Å². The standard InChI is InChI=1S/C14H8F4N4/c15-11-5-8(14(16,17)18)1-2-9(11)12-10(6-19-7-22-12)13-20-3-4-21-13/h1-7H,(H,20,21). The van der Waals surface area contributed by atoms with Crippen molar-refractivity contribution in [2.24, 2.45) is 0 Å². The summed E-state index contributed by atoms with van der Waals surface area (Å²) in [5.41, 5.74) is -0.550. The molecule has 3 aromatic rings. The van der Waals surface area contributed by atoms with E-state index in [2.05, 4.69) is 19.9 Å². The fourth-order valence-electron chi connectivity index (χ4n) is 2.01. The summed E-state index contributed by atoms with van der Waals surface area (Å²) in [6, 6.07) is 2.31. The Morgan fingerprint density at radius 2 is 1.86 bits per heavy atom. The van der Waals surface area contributed by atoms with Crippen LogP contribution in [0.2, 0.25) is 0 Å². The Labute approximate surface area is 121 Å². The van der Waals surface area contributed by atoms with Crippen LogP contribution in [0.15, 0.2) is 43.1 Å². The summed E-state index contributed by atoms with van der Waals surface area (Å²) >= 11 is 0. The van der Waals surface area contributed by atoms with Crippen LogP contribution >= 0.6 is 0 Å². The Kier molecular flexibility index (Phi) is 3.36. The highest BCUT2D eigenvalue weighted by Crippen LogP contribution is 2.34. The van der Waals surface area contributed by atoms with Gasteiger partial charge in [0.05, 0.1) is 16.8 Å². The van der Waals surface area contributed by atoms with Crippen molar-refractivity contribution in [3.05, 3.63) is 54.5 Å². The summed E-state index contributed by atoms with van der Waals surface area (Å²) in [5, 5.41) is 0. The molecule has 0 bridgehead atoms. The van der Waals surface area contributed by atoms with E-state index >= 15 is 0 Å². The molecule has 0 spiro atoms. The van der Waals surface area contributed by atoms with Crippen LogP contribution in [-0.4, -0.2) is 19.9 Å². The van der Waals surface area contributed by atoms with Gasteiger partial charge in [0, 0.05) is 24.2 Å². The first-order valence-electron chi connectivity index (χ1n) is 6.13. The number of nitrogens with zero attached hydrogens (tertiary/aromatic N) is 3. The highest BCUT2D eigenvalue weighted by atomic mass is 19.4. The summed E-state index contributed by atoms with van der Waals surface area (Å²) < 4.78 is 51.9. The lowest BCUT2D eigenvalue weighted by molar-refractivity contribution is -0.137. The Hall–Kier alpha value is -2.77. The zero-order chi connectivity index (χ0) is 15.7. The maximum absolute atomic E-state index is 14.1. The van der Waals surface area contributed by atoms with Crippen molar-refractivity contribution in [1.29, 1.82) is 0 Å². The molecule has 22 heavy (non-hydrogen) atoms. The van der Waals surface area contributed by atoms with E-state index in [4.69, 9.17) is 0 Å². The van der Waals surface area contributed by atoms with Crippen molar-refractivity contribution < 1.29 is 17.6 Å². The van der Waals surface area contributed by atoms with Crippen LogP contribution in [0, 0.1) is 5.82 Å². The van der Waals surface area contributed by atoms with Gasteiger partial charge in [-0.25, -0.2) is 19.3 Å². The number of aromatic nitrogens is 4. The summed E-state index contributed by atoms with van der Waals surface area (Å²) in [6.07, 6.45) is 1.07. The number of alkyl halides is 3. The van der Waals surface area contributed by atoms with Gasteiger partial charge in [-0.2, -0.15) is 13.2 Å². The highest BCUT2D eigenvalue weighted by molar-refractivity contribution is 5.77. The van der Waals surface area contributed by atoms with Gasteiger partial charge < -0.3 is 4.98 Å². The minimum Gasteiger partial charge on any atom is -0.345 e. The molecule has 0 radical (unpaired) electrons. The number of benzene rings is 1. The van der Waals surface area contributed by atoms with Crippen LogP contribution in [0.3, 0.4) is 0 Å². The van der Waals surface area contributed by atoms with Gasteiger partial charge in [0.2, 0.25) is 0 Å². The van der Waals surface area contributed by atoms with Gasteiger partial charge in [-0.05, 0) is 18.2 Å². The smallest absolute Gasteiger partial charge is 0.345 e. The number of imidazole rings is 1. The van der Waals surface area contributed by atoms with E-state index in [0.717, 1.165) is 12.1 Å². The average Bonchev–Trinajstić information content (AvgIpc) is 3.00. The number of hydrogen-bond acceptors (Lipinski definition) is 3. The third-order valence-corrected chi connectivity index (χ3v) is 3.02. The maximum atomic E-state index is 14.1. The molecule has 1 aromatic carbocycles. The normalized spacial score (nSPS) is 11.6. The van der Waals surface area contributed by atoms with Gasteiger partial charge in [0.15, 0.2) is 0 Å². The Morgan fingerprint density at radius 3 is 2.50 bits per heavy atom. The Balaban J connectivity index is 2.13. The minimum absolute atomic E-state index is 0.0539.